The number of benzene rings is 2. The highest BCUT2D eigenvalue weighted by Gasteiger charge is 2.59. The van der Waals surface area contributed by atoms with Gasteiger partial charge < -0.3 is 19.3 Å². The van der Waals surface area contributed by atoms with E-state index in [9.17, 15) is 5.11 Å². The molecule has 1 fully saturated rings. The van der Waals surface area contributed by atoms with E-state index in [-0.39, 0.29) is 18.9 Å². The van der Waals surface area contributed by atoms with Crippen LogP contribution in [0, 0.1) is 0 Å². The van der Waals surface area contributed by atoms with Crippen molar-refractivity contribution in [1.82, 2.24) is 19.6 Å². The van der Waals surface area contributed by atoms with Gasteiger partial charge in [0.2, 0.25) is 10.9 Å². The molecule has 194 valence electrons. The van der Waals surface area contributed by atoms with Gasteiger partial charge in [-0.05, 0) is 23.6 Å². The summed E-state index contributed by atoms with van der Waals surface area (Å²) in [7, 11) is 0. The number of ether oxygens (including phenoxy) is 3. The van der Waals surface area contributed by atoms with Gasteiger partial charge in [-0.1, -0.05) is 72.4 Å². The Kier molecular flexibility index (Phi) is 8.08. The number of hydrogen-bond acceptors (Lipinski definition) is 9. The second kappa shape index (κ2) is 11.5. The molecule has 8 nitrogen and oxygen atoms in total. The Labute approximate surface area is 222 Å². The molecule has 2 aromatic heterocycles. The van der Waals surface area contributed by atoms with Gasteiger partial charge in [-0.15, -0.1) is 16.9 Å². The van der Waals surface area contributed by atoms with Gasteiger partial charge in [0.05, 0.1) is 26.0 Å². The van der Waals surface area contributed by atoms with Crippen molar-refractivity contribution in [3.05, 3.63) is 83.7 Å². The first kappa shape index (κ1) is 26.1. The number of hydrogen-bond donors (Lipinski definition) is 1. The summed E-state index contributed by atoms with van der Waals surface area (Å²) in [6, 6.07) is 19.1. The van der Waals surface area contributed by atoms with Crippen LogP contribution in [0.15, 0.2) is 77.0 Å². The molecule has 0 radical (unpaired) electrons. The fraction of sp³-hybridized carbons (Fsp3) is 0.346. The van der Waals surface area contributed by atoms with Crippen molar-refractivity contribution >= 4 is 29.2 Å². The lowest BCUT2D eigenvalue weighted by Crippen LogP contribution is -2.40. The van der Waals surface area contributed by atoms with Crippen molar-refractivity contribution in [2.45, 2.75) is 47.6 Å². The quantitative estimate of drug-likeness (QED) is 0.295. The summed E-state index contributed by atoms with van der Waals surface area (Å²) in [5.74, 6) is -2.35. The zero-order chi connectivity index (χ0) is 25.8. The summed E-state index contributed by atoms with van der Waals surface area (Å²) in [5, 5.41) is 17.2. The van der Waals surface area contributed by atoms with Crippen LogP contribution in [0.5, 0.6) is 0 Å². The van der Waals surface area contributed by atoms with Crippen molar-refractivity contribution in [3.63, 3.8) is 0 Å². The van der Waals surface area contributed by atoms with E-state index in [1.807, 2.05) is 73.2 Å². The van der Waals surface area contributed by atoms with E-state index in [1.54, 1.807) is 0 Å². The minimum absolute atomic E-state index is 0.0227. The Balaban J connectivity index is 1.43. The van der Waals surface area contributed by atoms with E-state index < -0.39 is 24.2 Å². The molecule has 0 spiro atoms. The highest BCUT2D eigenvalue weighted by molar-refractivity contribution is 7.99. The van der Waals surface area contributed by atoms with E-state index in [1.165, 1.54) is 34.2 Å². The van der Waals surface area contributed by atoms with Crippen molar-refractivity contribution in [1.29, 1.82) is 0 Å². The second-order valence-electron chi connectivity index (χ2n) is 8.50. The molecule has 3 heterocycles. The zero-order valence-electron chi connectivity index (χ0n) is 20.4. The molecule has 1 saturated heterocycles. The predicted octanol–water partition coefficient (Wildman–Crippen LogP) is 4.25. The third-order valence-corrected chi connectivity index (χ3v) is 7.29. The maximum Gasteiger partial charge on any atom is 0.247 e. The number of aliphatic hydroxyl groups is 1. The van der Waals surface area contributed by atoms with Gasteiger partial charge in [0.1, 0.15) is 22.9 Å². The Morgan fingerprint density at radius 2 is 1.70 bits per heavy atom. The second-order valence-corrected chi connectivity index (χ2v) is 10.1. The highest BCUT2D eigenvalue weighted by atomic mass is 32.2. The Bertz CT molecular complexity index is 1330. The number of nitrogens with zero attached hydrogens (tertiary/aromatic N) is 4. The van der Waals surface area contributed by atoms with E-state index >= 15 is 4.39 Å². The van der Waals surface area contributed by atoms with Crippen LogP contribution in [0.3, 0.4) is 0 Å². The van der Waals surface area contributed by atoms with Gasteiger partial charge in [-0.25, -0.2) is 18.9 Å². The molecular formula is C26H27FN4O4S2. The fourth-order valence-electron chi connectivity index (χ4n) is 4.24. The fourth-order valence-corrected chi connectivity index (χ4v) is 5.14. The molecule has 11 heteroatoms. The number of thioether (sulfide) groups is 2. The van der Waals surface area contributed by atoms with Gasteiger partial charge in [-0.3, -0.25) is 0 Å². The maximum absolute atomic E-state index is 16.1. The first-order chi connectivity index (χ1) is 18.0. The predicted molar refractivity (Wildman–Crippen MR) is 139 cm³/mol. The monoisotopic (exact) mass is 542 g/mol. The van der Waals surface area contributed by atoms with Gasteiger partial charge >= 0.3 is 0 Å². The number of halogens is 1. The van der Waals surface area contributed by atoms with Crippen LogP contribution in [-0.2, 0) is 33.2 Å². The number of rotatable bonds is 10. The molecule has 0 saturated carbocycles. The molecule has 0 unspecified atom stereocenters. The van der Waals surface area contributed by atoms with Crippen LogP contribution in [0.1, 0.15) is 16.8 Å². The Hall–Kier alpha value is -2.54. The molecule has 4 aromatic rings. The number of imidazole rings is 1. The van der Waals surface area contributed by atoms with Crippen molar-refractivity contribution < 1.29 is 23.7 Å². The standard InChI is InChI=1S/C26H27FN4O4S2/c1-36-24-23-28-13-20(31(23)30-25(29-24)37-2)26(32)22(27)21(34-15-18-11-7-4-8-12-18)19(35-26)16-33-14-17-9-5-3-6-10-17/h3-13,19,21-22,32H,14-16H2,1-2H3/t19-,21-,22-,26+/m1/s1. The topological polar surface area (TPSA) is 91.0 Å². The first-order valence-corrected chi connectivity index (χ1v) is 14.1. The molecule has 2 aromatic carbocycles. The van der Waals surface area contributed by atoms with Crippen molar-refractivity contribution in [3.8, 4) is 0 Å². The maximum atomic E-state index is 16.1. The lowest BCUT2D eigenvalue weighted by molar-refractivity contribution is -0.232. The summed E-state index contributed by atoms with van der Waals surface area (Å²) in [6.45, 7) is 0.497. The smallest absolute Gasteiger partial charge is 0.247 e. The molecular weight excluding hydrogens is 515 g/mol. The normalized spacial score (nSPS) is 23.6. The van der Waals surface area contributed by atoms with E-state index in [4.69, 9.17) is 14.2 Å². The number of fused-ring (bicyclic) bond motifs is 1. The van der Waals surface area contributed by atoms with Crippen LogP contribution in [0.25, 0.3) is 5.65 Å². The number of aromatic nitrogens is 4. The van der Waals surface area contributed by atoms with Crippen LogP contribution in [0.2, 0.25) is 0 Å². The largest absolute Gasteiger partial charge is 0.374 e. The van der Waals surface area contributed by atoms with Gasteiger partial charge in [0.15, 0.2) is 11.8 Å². The van der Waals surface area contributed by atoms with Crippen LogP contribution in [0.4, 0.5) is 4.39 Å². The van der Waals surface area contributed by atoms with Gasteiger partial charge in [-0.2, -0.15) is 0 Å². The average Bonchev–Trinajstić information content (AvgIpc) is 3.47. The summed E-state index contributed by atoms with van der Waals surface area (Å²) in [5.41, 5.74) is 2.34. The third-order valence-electron chi connectivity index (χ3n) is 6.09. The molecule has 0 bridgehead atoms. The number of alkyl halides is 1. The molecule has 0 amide bonds. The zero-order valence-corrected chi connectivity index (χ0v) is 22.0. The first-order valence-electron chi connectivity index (χ1n) is 11.7. The lowest BCUT2D eigenvalue weighted by atomic mass is 10.0. The van der Waals surface area contributed by atoms with Gasteiger partial charge in [0.25, 0.3) is 0 Å². The Morgan fingerprint density at radius 3 is 2.35 bits per heavy atom. The molecule has 1 aliphatic heterocycles. The van der Waals surface area contributed by atoms with Crippen LogP contribution < -0.4 is 0 Å². The van der Waals surface area contributed by atoms with E-state index in [2.05, 4.69) is 15.1 Å². The molecule has 5 rings (SSSR count). The summed E-state index contributed by atoms with van der Waals surface area (Å²) in [6.07, 6.45) is 1.20. The summed E-state index contributed by atoms with van der Waals surface area (Å²) >= 11 is 2.73. The molecule has 37 heavy (non-hydrogen) atoms. The lowest BCUT2D eigenvalue weighted by Gasteiger charge is -2.24. The van der Waals surface area contributed by atoms with Gasteiger partial charge in [0, 0.05) is 0 Å². The van der Waals surface area contributed by atoms with E-state index in [0.717, 1.165) is 11.1 Å². The van der Waals surface area contributed by atoms with Crippen LogP contribution >= 0.6 is 23.5 Å². The van der Waals surface area contributed by atoms with Crippen molar-refractivity contribution in [2.24, 2.45) is 0 Å². The van der Waals surface area contributed by atoms with Crippen LogP contribution in [-0.4, -0.2) is 62.2 Å². The molecule has 0 aliphatic carbocycles. The minimum atomic E-state index is -2.35. The van der Waals surface area contributed by atoms with E-state index in [0.29, 0.717) is 22.4 Å². The molecule has 1 N–H and O–H groups in total. The third kappa shape index (κ3) is 5.38. The summed E-state index contributed by atoms with van der Waals surface area (Å²) in [4.78, 5) is 8.82. The summed E-state index contributed by atoms with van der Waals surface area (Å²) < 4.78 is 35.4. The molecule has 4 atom stereocenters. The molecule has 1 aliphatic rings. The minimum Gasteiger partial charge on any atom is -0.374 e. The SMILES string of the molecule is CSc1nc(SC)c2ncc([C@]3(O)O[C@H](COCc4ccccc4)[C@@H](OCc4ccccc4)[C@H]3F)n2n1. The average molecular weight is 543 g/mol. The Morgan fingerprint density at radius 1 is 1.03 bits per heavy atom. The van der Waals surface area contributed by atoms with Crippen molar-refractivity contribution in [2.75, 3.05) is 19.1 Å². The highest BCUT2D eigenvalue weighted by Crippen LogP contribution is 2.42.